The highest BCUT2D eigenvalue weighted by molar-refractivity contribution is 5.87. The van der Waals surface area contributed by atoms with Gasteiger partial charge < -0.3 is 80.4 Å². The summed E-state index contributed by atoms with van der Waals surface area (Å²) in [5.74, 6) is -6.76. The average Bonchev–Trinajstić information content (AvgIpc) is 3.52. The largest absolute Gasteiger partial charge is 0.481 e. The molecule has 1 aromatic rings. The third kappa shape index (κ3) is 30.7. The van der Waals surface area contributed by atoms with Crippen molar-refractivity contribution in [2.45, 2.75) is 68.8 Å². The highest BCUT2D eigenvalue weighted by Crippen LogP contribution is 2.05. The van der Waals surface area contributed by atoms with Crippen molar-refractivity contribution in [3.63, 3.8) is 0 Å². The number of aliphatic carboxylic acids is 5. The van der Waals surface area contributed by atoms with E-state index < -0.39 is 72.1 Å². The number of rotatable bonds is 15. The number of carbonyl (C=O) groups is 7. The van der Waals surface area contributed by atoms with Crippen LogP contribution in [0.1, 0.15) is 37.7 Å². The van der Waals surface area contributed by atoms with E-state index in [-0.39, 0.29) is 31.9 Å². The van der Waals surface area contributed by atoms with Crippen LogP contribution in [-0.4, -0.2) is 135 Å². The summed E-state index contributed by atoms with van der Waals surface area (Å²) < 4.78 is 4.02. The molecular weight excluding hydrogens is 698 g/mol. The molecule has 1 aliphatic heterocycles. The number of guanidine groups is 1. The van der Waals surface area contributed by atoms with Crippen molar-refractivity contribution in [3.05, 3.63) is 35.9 Å². The molecule has 21 N–H and O–H groups in total. The van der Waals surface area contributed by atoms with Gasteiger partial charge in [-0.15, -0.1) is 0 Å². The second-order valence-corrected chi connectivity index (χ2v) is 10.3. The molecule has 1 saturated heterocycles. The molecule has 0 amide bonds. The van der Waals surface area contributed by atoms with Crippen molar-refractivity contribution >= 4 is 47.7 Å². The number of hydrogen-bond donors (Lipinski definition) is 15. The maximum atomic E-state index is 10.4. The molecule has 0 aliphatic carbocycles. The Morgan fingerprint density at radius 1 is 0.827 bits per heavy atom. The molecule has 23 nitrogen and oxygen atoms in total. The van der Waals surface area contributed by atoms with E-state index in [0.29, 0.717) is 38.8 Å². The minimum atomic E-state index is -1.17. The van der Waals surface area contributed by atoms with Gasteiger partial charge in [-0.3, -0.25) is 39.0 Å². The Bertz CT molecular complexity index is 1240. The average molecular weight is 750 g/mol. The number of aliphatic hydroxyl groups is 1. The highest BCUT2D eigenvalue weighted by atomic mass is 16.6. The van der Waals surface area contributed by atoms with Gasteiger partial charge in [0.2, 0.25) is 0 Å². The zero-order valence-electron chi connectivity index (χ0n) is 28.3. The van der Waals surface area contributed by atoms with Crippen LogP contribution in [-0.2, 0) is 44.7 Å². The van der Waals surface area contributed by atoms with Gasteiger partial charge >= 0.3 is 41.8 Å². The molecule has 0 aromatic heterocycles. The number of carbonyl (C=O) groups excluding carboxylic acids is 2. The third-order valence-corrected chi connectivity index (χ3v) is 5.94. The van der Waals surface area contributed by atoms with Crippen LogP contribution in [0.5, 0.6) is 0 Å². The van der Waals surface area contributed by atoms with Crippen molar-refractivity contribution < 1.29 is 68.9 Å². The van der Waals surface area contributed by atoms with E-state index in [9.17, 15) is 33.6 Å². The van der Waals surface area contributed by atoms with E-state index in [4.69, 9.17) is 70.5 Å². The lowest BCUT2D eigenvalue weighted by molar-refractivity contribution is -0.157. The molecule has 296 valence electrons. The summed E-state index contributed by atoms with van der Waals surface area (Å²) in [4.78, 5) is 71.0. The first-order valence-electron chi connectivity index (χ1n) is 15.3. The van der Waals surface area contributed by atoms with E-state index in [1.54, 1.807) is 0 Å². The fraction of sp³-hybridized carbons (Fsp3) is 0.517. The van der Waals surface area contributed by atoms with Crippen LogP contribution < -0.4 is 45.0 Å². The van der Waals surface area contributed by atoms with Crippen molar-refractivity contribution in [2.24, 2.45) is 34.4 Å². The first-order valence-corrected chi connectivity index (χ1v) is 15.3. The summed E-state index contributed by atoms with van der Waals surface area (Å²) in [5, 5.41) is 62.4. The number of carboxylic acids is 5. The molecule has 1 heterocycles. The minimum absolute atomic E-state index is 0.0231. The monoisotopic (exact) mass is 749 g/mol. The van der Waals surface area contributed by atoms with Crippen molar-refractivity contribution in [3.8, 4) is 0 Å². The van der Waals surface area contributed by atoms with Crippen LogP contribution >= 0.6 is 0 Å². The van der Waals surface area contributed by atoms with Gasteiger partial charge in [-0.25, -0.2) is 0 Å². The Morgan fingerprint density at radius 2 is 1.31 bits per heavy atom. The van der Waals surface area contributed by atoms with Crippen molar-refractivity contribution in [1.29, 1.82) is 5.41 Å². The minimum Gasteiger partial charge on any atom is -0.481 e. The van der Waals surface area contributed by atoms with Crippen LogP contribution in [0.2, 0.25) is 0 Å². The summed E-state index contributed by atoms with van der Waals surface area (Å²) in [6.07, 6.45) is 0.969. The van der Waals surface area contributed by atoms with E-state index in [1.807, 2.05) is 30.3 Å². The van der Waals surface area contributed by atoms with Gasteiger partial charge in [0.1, 0.15) is 24.2 Å². The number of benzene rings is 1. The summed E-state index contributed by atoms with van der Waals surface area (Å²) in [6, 6.07) is 5.92. The molecule has 1 aliphatic rings. The van der Waals surface area contributed by atoms with E-state index in [0.717, 1.165) is 5.56 Å². The van der Waals surface area contributed by atoms with Gasteiger partial charge in [0.05, 0.1) is 19.2 Å². The molecule has 52 heavy (non-hydrogen) atoms. The number of ether oxygens (including phenoxy) is 1. The van der Waals surface area contributed by atoms with Crippen LogP contribution in [0.3, 0.4) is 0 Å². The lowest BCUT2D eigenvalue weighted by atomic mass is 10.1. The van der Waals surface area contributed by atoms with Gasteiger partial charge in [0, 0.05) is 13.0 Å². The fourth-order valence-corrected chi connectivity index (χ4v) is 3.18. The Kier molecular flexibility index (Phi) is 30.0. The maximum absolute atomic E-state index is 10.4. The number of aliphatic hydroxyl groups excluding tert-OH is 1. The third-order valence-electron chi connectivity index (χ3n) is 5.94. The fourth-order valence-electron chi connectivity index (χ4n) is 3.18. The molecule has 5 atom stereocenters. The summed E-state index contributed by atoms with van der Waals surface area (Å²) in [7, 11) is 0. The van der Waals surface area contributed by atoms with E-state index in [1.165, 1.54) is 0 Å². The number of nitrogens with two attached hydrogens (primary N) is 6. The summed E-state index contributed by atoms with van der Waals surface area (Å²) in [5.41, 5.74) is 31.1. The second kappa shape index (κ2) is 30.5. The number of carboxylic acid groups (broad SMARTS) is 5. The molecule has 0 spiro atoms. The van der Waals surface area contributed by atoms with Crippen LogP contribution in [0.4, 0.5) is 0 Å². The number of hydrogen-bond acceptors (Lipinski definition) is 16. The molecule has 0 bridgehead atoms. The number of esters is 2. The molecule has 23 heteroatoms. The summed E-state index contributed by atoms with van der Waals surface area (Å²) in [6.45, 7) is 0.478. The first kappa shape index (κ1) is 51.1. The predicted molar refractivity (Wildman–Crippen MR) is 182 cm³/mol. The zero-order valence-corrected chi connectivity index (χ0v) is 28.3. The van der Waals surface area contributed by atoms with E-state index in [2.05, 4.69) is 15.4 Å². The molecule has 1 unspecified atom stereocenters. The Balaban J connectivity index is -0.000000580. The van der Waals surface area contributed by atoms with Gasteiger partial charge in [0.25, 0.3) is 0 Å². The lowest BCUT2D eigenvalue weighted by Crippen LogP contribution is -2.38. The van der Waals surface area contributed by atoms with Crippen molar-refractivity contribution in [2.75, 3.05) is 26.2 Å². The first-order chi connectivity index (χ1) is 24.2. The molecular formula is C29H51N9O14. The van der Waals surface area contributed by atoms with Crippen molar-refractivity contribution in [1.82, 2.24) is 10.6 Å². The van der Waals surface area contributed by atoms with Crippen LogP contribution in [0, 0.1) is 5.41 Å². The molecule has 0 saturated carbocycles. The predicted octanol–water partition coefficient (Wildman–Crippen LogP) is -4.67. The lowest BCUT2D eigenvalue weighted by Gasteiger charge is -2.06. The highest BCUT2D eigenvalue weighted by Gasteiger charge is 2.30. The summed E-state index contributed by atoms with van der Waals surface area (Å²) >= 11 is 0. The molecule has 1 aromatic carbocycles. The standard InChI is InChI=1S/C9H11NO2.C6H14N4O2.C5H9NO4.C5H9NO3.C4H8N2O3/c10-8(9(11)12)6-7-4-2-1-3-5-7;7-4(5(11)12)2-1-3-10-6(8)9;6-3(5(9)10)1-2-4(7)8;7-3-1-2-6-4(3)5(8)9;5-1-3(7)9-4(8)2-6/h1-5,8H,6,10H2,(H,11,12);4H,1-3,7H2,(H,11,12)(H4,8,9,10);3H,1-2,6H2,(H,7,8)(H,9,10);3-4,6-7H,1-2H2,(H,8,9);1-2,5-6H2/t8-;4-;3-;3?,4-;/m0000./s1. The zero-order chi connectivity index (χ0) is 40.8. The SMILES string of the molecule is N=C(N)NCCC[C@H](N)C(=O)O.NCC(=O)OC(=O)CN.N[C@@H](CCC(=O)O)C(=O)O.N[C@@H](Cc1ccccc1)C(=O)O.O=C(O)[C@H]1NCCC1O. The number of nitrogens with one attached hydrogen (secondary N) is 3. The quantitative estimate of drug-likeness (QED) is 0.0263. The van der Waals surface area contributed by atoms with Gasteiger partial charge in [-0.05, 0) is 44.2 Å². The Hall–Kier alpha value is -5.30. The van der Waals surface area contributed by atoms with Gasteiger partial charge in [-0.2, -0.15) is 0 Å². The molecule has 0 radical (unpaired) electrons. The van der Waals surface area contributed by atoms with Gasteiger partial charge in [0.15, 0.2) is 5.96 Å². The maximum Gasteiger partial charge on any atom is 0.327 e. The Labute approximate surface area is 298 Å². The van der Waals surface area contributed by atoms with Gasteiger partial charge in [-0.1, -0.05) is 30.3 Å². The smallest absolute Gasteiger partial charge is 0.327 e. The second-order valence-electron chi connectivity index (χ2n) is 10.3. The van der Waals surface area contributed by atoms with Crippen LogP contribution in [0.25, 0.3) is 0 Å². The molecule has 1 fully saturated rings. The van der Waals surface area contributed by atoms with Crippen LogP contribution in [0.15, 0.2) is 30.3 Å². The molecule has 2 rings (SSSR count). The van der Waals surface area contributed by atoms with E-state index >= 15 is 0 Å². The topological polar surface area (TPSA) is 454 Å². The normalized spacial score (nSPS) is 15.6. The Morgan fingerprint density at radius 3 is 1.65 bits per heavy atom.